The van der Waals surface area contributed by atoms with E-state index < -0.39 is 11.6 Å². The van der Waals surface area contributed by atoms with Gasteiger partial charge in [0.15, 0.2) is 11.5 Å². The highest BCUT2D eigenvalue weighted by Crippen LogP contribution is 2.34. The van der Waals surface area contributed by atoms with E-state index in [2.05, 4.69) is 0 Å². The normalized spacial score (nSPS) is 19.2. The van der Waals surface area contributed by atoms with Gasteiger partial charge in [-0.1, -0.05) is 0 Å². The van der Waals surface area contributed by atoms with Crippen molar-refractivity contribution in [1.82, 2.24) is 0 Å². The molecule has 1 aromatic rings. The molecular formula is C13H14F2O2. The minimum absolute atomic E-state index is 0.0104. The summed E-state index contributed by atoms with van der Waals surface area (Å²) in [6.07, 6.45) is 4.13. The molecule has 92 valence electrons. The van der Waals surface area contributed by atoms with Crippen LogP contribution in [-0.4, -0.2) is 12.7 Å². The molecule has 2 fully saturated rings. The molecule has 3 rings (SSSR count). The second-order valence-corrected chi connectivity index (χ2v) is 4.76. The molecule has 0 aliphatic heterocycles. The van der Waals surface area contributed by atoms with Crippen molar-refractivity contribution in [2.45, 2.75) is 31.8 Å². The van der Waals surface area contributed by atoms with Gasteiger partial charge in [0, 0.05) is 0 Å². The highest BCUT2D eigenvalue weighted by molar-refractivity contribution is 5.35. The molecule has 0 unspecified atom stereocenters. The number of hydrogen-bond donors (Lipinski definition) is 0. The molecule has 2 nitrogen and oxygen atoms in total. The Balaban J connectivity index is 1.72. The summed E-state index contributed by atoms with van der Waals surface area (Å²) in [6.45, 7) is 0.471. The Kier molecular flexibility index (Phi) is 2.65. The minimum atomic E-state index is -0.941. The first-order chi connectivity index (χ1) is 8.24. The van der Waals surface area contributed by atoms with E-state index in [1.165, 1.54) is 12.1 Å². The van der Waals surface area contributed by atoms with Crippen molar-refractivity contribution >= 4 is 0 Å². The van der Waals surface area contributed by atoms with Crippen LogP contribution in [0.3, 0.4) is 0 Å². The SMILES string of the molecule is Fc1c(OCC2CC2)ccc(OC2CC2)c1F. The monoisotopic (exact) mass is 240 g/mol. The third-order valence-corrected chi connectivity index (χ3v) is 3.00. The van der Waals surface area contributed by atoms with Crippen LogP contribution in [0.4, 0.5) is 8.78 Å². The highest BCUT2D eigenvalue weighted by Gasteiger charge is 2.27. The first kappa shape index (κ1) is 10.8. The van der Waals surface area contributed by atoms with Gasteiger partial charge in [-0.2, -0.15) is 8.78 Å². The summed E-state index contributed by atoms with van der Waals surface area (Å²) in [7, 11) is 0. The molecule has 4 heteroatoms. The van der Waals surface area contributed by atoms with Gasteiger partial charge in [0.1, 0.15) is 0 Å². The summed E-state index contributed by atoms with van der Waals surface area (Å²) < 4.78 is 37.7. The fourth-order valence-electron chi connectivity index (χ4n) is 1.57. The van der Waals surface area contributed by atoms with Gasteiger partial charge in [0.2, 0.25) is 11.6 Å². The largest absolute Gasteiger partial charge is 0.490 e. The van der Waals surface area contributed by atoms with E-state index in [1.807, 2.05) is 0 Å². The molecule has 2 saturated carbocycles. The second-order valence-electron chi connectivity index (χ2n) is 4.76. The van der Waals surface area contributed by atoms with E-state index in [0.29, 0.717) is 12.5 Å². The van der Waals surface area contributed by atoms with Gasteiger partial charge < -0.3 is 9.47 Å². The Hall–Kier alpha value is -1.32. The molecule has 2 aliphatic carbocycles. The minimum Gasteiger partial charge on any atom is -0.490 e. The molecule has 2 aliphatic rings. The molecule has 0 radical (unpaired) electrons. The van der Waals surface area contributed by atoms with Crippen LogP contribution >= 0.6 is 0 Å². The smallest absolute Gasteiger partial charge is 0.204 e. The van der Waals surface area contributed by atoms with Gasteiger partial charge in [-0.15, -0.1) is 0 Å². The predicted octanol–water partition coefficient (Wildman–Crippen LogP) is 3.29. The highest BCUT2D eigenvalue weighted by atomic mass is 19.2. The van der Waals surface area contributed by atoms with Crippen LogP contribution in [0, 0.1) is 17.6 Å². The molecule has 17 heavy (non-hydrogen) atoms. The fourth-order valence-corrected chi connectivity index (χ4v) is 1.57. The van der Waals surface area contributed by atoms with Crippen LogP contribution in [0.2, 0.25) is 0 Å². The van der Waals surface area contributed by atoms with Crippen molar-refractivity contribution in [3.63, 3.8) is 0 Å². The molecule has 0 amide bonds. The number of ether oxygens (including phenoxy) is 2. The lowest BCUT2D eigenvalue weighted by atomic mass is 10.3. The van der Waals surface area contributed by atoms with Gasteiger partial charge in [-0.3, -0.25) is 0 Å². The van der Waals surface area contributed by atoms with Crippen molar-refractivity contribution in [1.29, 1.82) is 0 Å². The van der Waals surface area contributed by atoms with Crippen molar-refractivity contribution in [2.75, 3.05) is 6.61 Å². The maximum Gasteiger partial charge on any atom is 0.204 e. The first-order valence-electron chi connectivity index (χ1n) is 6.01. The van der Waals surface area contributed by atoms with E-state index in [-0.39, 0.29) is 17.6 Å². The summed E-state index contributed by atoms with van der Waals surface area (Å²) in [4.78, 5) is 0. The van der Waals surface area contributed by atoms with E-state index >= 15 is 0 Å². The predicted molar refractivity (Wildman–Crippen MR) is 58.2 cm³/mol. The lowest BCUT2D eigenvalue weighted by Gasteiger charge is -2.10. The fraction of sp³-hybridized carbons (Fsp3) is 0.538. The van der Waals surface area contributed by atoms with Crippen LogP contribution in [-0.2, 0) is 0 Å². The zero-order chi connectivity index (χ0) is 11.8. The zero-order valence-electron chi connectivity index (χ0n) is 9.42. The van der Waals surface area contributed by atoms with Gasteiger partial charge in [-0.25, -0.2) is 0 Å². The van der Waals surface area contributed by atoms with Gasteiger partial charge >= 0.3 is 0 Å². The third kappa shape index (κ3) is 2.51. The molecular weight excluding hydrogens is 226 g/mol. The number of rotatable bonds is 5. The topological polar surface area (TPSA) is 18.5 Å². The lowest BCUT2D eigenvalue weighted by Crippen LogP contribution is -2.04. The molecule has 0 atom stereocenters. The zero-order valence-corrected chi connectivity index (χ0v) is 9.42. The maximum atomic E-state index is 13.6. The van der Waals surface area contributed by atoms with Crippen LogP contribution in [0.15, 0.2) is 12.1 Å². The number of hydrogen-bond acceptors (Lipinski definition) is 2. The molecule has 1 aromatic carbocycles. The quantitative estimate of drug-likeness (QED) is 0.786. The molecule has 0 bridgehead atoms. The Labute approximate surface area is 98.5 Å². The van der Waals surface area contributed by atoms with Crippen molar-refractivity contribution < 1.29 is 18.3 Å². The maximum absolute atomic E-state index is 13.6. The van der Waals surface area contributed by atoms with Crippen LogP contribution in [0.25, 0.3) is 0 Å². The number of halogens is 2. The van der Waals surface area contributed by atoms with Gasteiger partial charge in [-0.05, 0) is 43.7 Å². The van der Waals surface area contributed by atoms with E-state index in [0.717, 1.165) is 25.7 Å². The standard InChI is InChI=1S/C13H14F2O2/c14-12-10(16-7-8-1-2-8)5-6-11(13(12)15)17-9-3-4-9/h5-6,8-9H,1-4,7H2. The summed E-state index contributed by atoms with van der Waals surface area (Å²) in [6, 6.07) is 2.89. The Morgan fingerprint density at radius 1 is 1.00 bits per heavy atom. The summed E-state index contributed by atoms with van der Waals surface area (Å²) in [5.41, 5.74) is 0. The van der Waals surface area contributed by atoms with Gasteiger partial charge in [0.25, 0.3) is 0 Å². The summed E-state index contributed by atoms with van der Waals surface area (Å²) in [5, 5.41) is 0. The molecule has 0 N–H and O–H groups in total. The van der Waals surface area contributed by atoms with E-state index in [9.17, 15) is 8.78 Å². The number of benzene rings is 1. The Morgan fingerprint density at radius 3 is 2.29 bits per heavy atom. The van der Waals surface area contributed by atoms with E-state index in [4.69, 9.17) is 9.47 Å². The van der Waals surface area contributed by atoms with Crippen molar-refractivity contribution in [3.05, 3.63) is 23.8 Å². The lowest BCUT2D eigenvalue weighted by molar-refractivity contribution is 0.262. The van der Waals surface area contributed by atoms with Crippen molar-refractivity contribution in [3.8, 4) is 11.5 Å². The Bertz CT molecular complexity index is 426. The molecule has 0 spiro atoms. The van der Waals surface area contributed by atoms with Gasteiger partial charge in [0.05, 0.1) is 12.7 Å². The first-order valence-corrected chi connectivity index (χ1v) is 6.01. The summed E-state index contributed by atoms with van der Waals surface area (Å²) in [5.74, 6) is -1.39. The second kappa shape index (κ2) is 4.17. The van der Waals surface area contributed by atoms with Crippen LogP contribution in [0.5, 0.6) is 11.5 Å². The van der Waals surface area contributed by atoms with Crippen molar-refractivity contribution in [2.24, 2.45) is 5.92 Å². The third-order valence-electron chi connectivity index (χ3n) is 3.00. The van der Waals surface area contributed by atoms with Crippen LogP contribution in [0.1, 0.15) is 25.7 Å². The molecule has 0 heterocycles. The molecule has 0 aromatic heterocycles. The van der Waals surface area contributed by atoms with Crippen LogP contribution < -0.4 is 9.47 Å². The Morgan fingerprint density at radius 2 is 1.65 bits per heavy atom. The average molecular weight is 240 g/mol. The average Bonchev–Trinajstić information content (AvgIpc) is 3.17. The van der Waals surface area contributed by atoms with E-state index in [1.54, 1.807) is 0 Å². The molecule has 0 saturated heterocycles. The summed E-state index contributed by atoms with van der Waals surface area (Å²) >= 11 is 0.